The number of esters is 2. The van der Waals surface area contributed by atoms with Crippen molar-refractivity contribution < 1.29 is 28.6 Å². The number of carbonyl (C=O) groups is 3. The molecular formula is C19H27NO6. The lowest BCUT2D eigenvalue weighted by atomic mass is 10.1. The van der Waals surface area contributed by atoms with E-state index in [1.807, 2.05) is 30.3 Å². The first-order chi connectivity index (χ1) is 12.2. The molecule has 1 aromatic rings. The van der Waals surface area contributed by atoms with E-state index in [9.17, 15) is 14.4 Å². The minimum atomic E-state index is -0.658. The zero-order valence-corrected chi connectivity index (χ0v) is 15.7. The molecule has 144 valence electrons. The van der Waals surface area contributed by atoms with Crippen LogP contribution in [0.5, 0.6) is 0 Å². The van der Waals surface area contributed by atoms with Gasteiger partial charge in [-0.15, -0.1) is 0 Å². The van der Waals surface area contributed by atoms with Crippen molar-refractivity contribution in [2.75, 3.05) is 7.11 Å². The number of carbonyl (C=O) groups excluding carboxylic acids is 3. The Morgan fingerprint density at radius 3 is 2.31 bits per heavy atom. The van der Waals surface area contributed by atoms with Crippen molar-refractivity contribution in [3.05, 3.63) is 35.9 Å². The fourth-order valence-corrected chi connectivity index (χ4v) is 2.09. The van der Waals surface area contributed by atoms with Crippen LogP contribution in [0.3, 0.4) is 0 Å². The highest BCUT2D eigenvalue weighted by Gasteiger charge is 2.22. The molecule has 0 radical (unpaired) electrons. The highest BCUT2D eigenvalue weighted by atomic mass is 16.6. The van der Waals surface area contributed by atoms with Gasteiger partial charge in [-0.1, -0.05) is 30.3 Å². The van der Waals surface area contributed by atoms with Gasteiger partial charge in [0.1, 0.15) is 12.2 Å². The molecule has 0 saturated carbocycles. The lowest BCUT2D eigenvalue weighted by molar-refractivity contribution is -0.146. The molecule has 0 saturated heterocycles. The number of methoxy groups -OCH3 is 1. The molecule has 7 nitrogen and oxygen atoms in total. The first-order valence-corrected chi connectivity index (χ1v) is 8.45. The summed E-state index contributed by atoms with van der Waals surface area (Å²) in [4.78, 5) is 35.3. The summed E-state index contributed by atoms with van der Waals surface area (Å²) in [5.41, 5.74) is 0.230. The van der Waals surface area contributed by atoms with Crippen LogP contribution in [0.1, 0.15) is 45.6 Å². The number of amides is 1. The lowest BCUT2D eigenvalue weighted by Crippen LogP contribution is -2.40. The number of alkyl carbamates (subject to hydrolysis) is 1. The number of hydrogen-bond donors (Lipinski definition) is 1. The fraction of sp³-hybridized carbons (Fsp3) is 0.526. The molecule has 0 unspecified atom stereocenters. The Hall–Kier alpha value is -2.57. The van der Waals surface area contributed by atoms with Crippen molar-refractivity contribution in [3.63, 3.8) is 0 Å². The molecule has 1 N–H and O–H groups in total. The summed E-state index contributed by atoms with van der Waals surface area (Å²) < 4.78 is 15.0. The molecule has 0 heterocycles. The van der Waals surface area contributed by atoms with Crippen molar-refractivity contribution in [1.82, 2.24) is 5.32 Å². The maximum atomic E-state index is 11.9. The van der Waals surface area contributed by atoms with Gasteiger partial charge in [-0.3, -0.25) is 9.59 Å². The molecule has 1 atom stereocenters. The summed E-state index contributed by atoms with van der Waals surface area (Å²) in [6, 6.07) is 8.74. The summed E-state index contributed by atoms with van der Waals surface area (Å²) in [5.74, 6) is -0.890. The molecule has 1 amide bonds. The molecule has 26 heavy (non-hydrogen) atoms. The molecule has 0 aliphatic heterocycles. The van der Waals surface area contributed by atoms with Crippen LogP contribution in [0.4, 0.5) is 4.79 Å². The smallest absolute Gasteiger partial charge is 0.407 e. The zero-order chi connectivity index (χ0) is 19.6. The molecular weight excluding hydrogens is 338 g/mol. The number of nitrogens with one attached hydrogen (secondary N) is 1. The van der Waals surface area contributed by atoms with Crippen LogP contribution in [-0.2, 0) is 30.4 Å². The third-order valence-electron chi connectivity index (χ3n) is 3.30. The molecule has 0 fully saturated rings. The molecule has 7 heteroatoms. The Labute approximate surface area is 154 Å². The van der Waals surface area contributed by atoms with Gasteiger partial charge >= 0.3 is 18.0 Å². The molecule has 0 bridgehead atoms. The van der Waals surface area contributed by atoms with Gasteiger partial charge in [0.2, 0.25) is 0 Å². The van der Waals surface area contributed by atoms with E-state index in [0.717, 1.165) is 5.56 Å². The third kappa shape index (κ3) is 9.66. The van der Waals surface area contributed by atoms with Crippen LogP contribution in [0.25, 0.3) is 0 Å². The third-order valence-corrected chi connectivity index (χ3v) is 3.30. The molecule has 0 aliphatic carbocycles. The van der Waals surface area contributed by atoms with Crippen molar-refractivity contribution in [2.24, 2.45) is 0 Å². The molecule has 1 rings (SSSR count). The second-order valence-corrected chi connectivity index (χ2v) is 6.81. The predicted molar refractivity (Wildman–Crippen MR) is 95.3 cm³/mol. The molecule has 0 aromatic heterocycles. The molecule has 0 aliphatic rings. The quantitative estimate of drug-likeness (QED) is 0.563. The van der Waals surface area contributed by atoms with E-state index < -0.39 is 29.7 Å². The van der Waals surface area contributed by atoms with Crippen molar-refractivity contribution in [1.29, 1.82) is 0 Å². The standard InChI is InChI=1S/C19H27NO6/c1-19(2,3)26-18(23)20-15(12-17(22)24-4)10-11-16(21)25-13-14-8-6-5-7-9-14/h5-9,15H,10-13H2,1-4H3,(H,20,23)/t15-/m0/s1. The van der Waals surface area contributed by atoms with Gasteiger partial charge in [-0.05, 0) is 32.8 Å². The summed E-state index contributed by atoms with van der Waals surface area (Å²) in [6.07, 6.45) is -0.405. The zero-order valence-electron chi connectivity index (χ0n) is 15.7. The Bertz CT molecular complexity index is 594. The second-order valence-electron chi connectivity index (χ2n) is 6.81. The van der Waals surface area contributed by atoms with E-state index in [1.165, 1.54) is 7.11 Å². The highest BCUT2D eigenvalue weighted by molar-refractivity contribution is 5.73. The first kappa shape index (κ1) is 21.5. The van der Waals surface area contributed by atoms with Gasteiger partial charge < -0.3 is 19.5 Å². The number of rotatable bonds is 8. The Morgan fingerprint density at radius 1 is 1.08 bits per heavy atom. The van der Waals surface area contributed by atoms with Crippen LogP contribution >= 0.6 is 0 Å². The van der Waals surface area contributed by atoms with Crippen LogP contribution in [0.15, 0.2) is 30.3 Å². The monoisotopic (exact) mass is 365 g/mol. The minimum absolute atomic E-state index is 0.0539. The van der Waals surface area contributed by atoms with Crippen molar-refractivity contribution in [2.45, 2.75) is 58.3 Å². The summed E-state index contributed by atoms with van der Waals surface area (Å²) >= 11 is 0. The van der Waals surface area contributed by atoms with Crippen LogP contribution in [-0.4, -0.2) is 36.8 Å². The summed E-state index contributed by atoms with van der Waals surface area (Å²) in [6.45, 7) is 5.40. The van der Waals surface area contributed by atoms with E-state index in [-0.39, 0.29) is 25.9 Å². The summed E-state index contributed by atoms with van der Waals surface area (Å²) in [5, 5.41) is 2.60. The topological polar surface area (TPSA) is 90.9 Å². The average molecular weight is 365 g/mol. The van der Waals surface area contributed by atoms with Gasteiger partial charge in [0.25, 0.3) is 0 Å². The number of ether oxygens (including phenoxy) is 3. The van der Waals surface area contributed by atoms with Gasteiger partial charge in [0, 0.05) is 12.5 Å². The van der Waals surface area contributed by atoms with E-state index >= 15 is 0 Å². The molecule has 0 spiro atoms. The van der Waals surface area contributed by atoms with Gasteiger partial charge in [-0.2, -0.15) is 0 Å². The van der Waals surface area contributed by atoms with E-state index in [1.54, 1.807) is 20.8 Å². The summed E-state index contributed by atoms with van der Waals surface area (Å²) in [7, 11) is 1.26. The number of benzene rings is 1. The highest BCUT2D eigenvalue weighted by Crippen LogP contribution is 2.10. The SMILES string of the molecule is COC(=O)C[C@H](CCC(=O)OCc1ccccc1)NC(=O)OC(C)(C)C. The van der Waals surface area contributed by atoms with E-state index in [2.05, 4.69) is 10.1 Å². The lowest BCUT2D eigenvalue weighted by Gasteiger charge is -2.23. The van der Waals surface area contributed by atoms with Gasteiger partial charge in [0.15, 0.2) is 0 Å². The van der Waals surface area contributed by atoms with Crippen molar-refractivity contribution in [3.8, 4) is 0 Å². The maximum absolute atomic E-state index is 11.9. The van der Waals surface area contributed by atoms with Crippen LogP contribution in [0.2, 0.25) is 0 Å². The maximum Gasteiger partial charge on any atom is 0.407 e. The largest absolute Gasteiger partial charge is 0.469 e. The number of hydrogen-bond acceptors (Lipinski definition) is 6. The second kappa shape index (κ2) is 10.4. The predicted octanol–water partition coefficient (Wildman–Crippen LogP) is 2.97. The van der Waals surface area contributed by atoms with Crippen LogP contribution < -0.4 is 5.32 Å². The average Bonchev–Trinajstić information content (AvgIpc) is 2.56. The van der Waals surface area contributed by atoms with Gasteiger partial charge in [0.05, 0.1) is 13.5 Å². The Kier molecular flexibility index (Phi) is 8.61. The Balaban J connectivity index is 2.49. The minimum Gasteiger partial charge on any atom is -0.469 e. The fourth-order valence-electron chi connectivity index (χ4n) is 2.09. The normalized spacial score (nSPS) is 12.0. The Morgan fingerprint density at radius 2 is 1.73 bits per heavy atom. The van der Waals surface area contributed by atoms with Crippen molar-refractivity contribution >= 4 is 18.0 Å². The first-order valence-electron chi connectivity index (χ1n) is 8.45. The van der Waals surface area contributed by atoms with Gasteiger partial charge in [-0.25, -0.2) is 4.79 Å². The molecule has 1 aromatic carbocycles. The van der Waals surface area contributed by atoms with E-state index in [0.29, 0.717) is 0 Å². The van der Waals surface area contributed by atoms with E-state index in [4.69, 9.17) is 9.47 Å². The van der Waals surface area contributed by atoms with Crippen LogP contribution in [0, 0.1) is 0 Å².